The molecule has 1 atom stereocenters. The Labute approximate surface area is 142 Å². The van der Waals surface area contributed by atoms with Gasteiger partial charge in [-0.3, -0.25) is 4.79 Å². The highest BCUT2D eigenvalue weighted by Gasteiger charge is 2.32. The van der Waals surface area contributed by atoms with Gasteiger partial charge >= 0.3 is 0 Å². The van der Waals surface area contributed by atoms with E-state index >= 15 is 0 Å². The van der Waals surface area contributed by atoms with E-state index in [2.05, 4.69) is 5.32 Å². The standard InChI is InChI=1S/C20H23NO3/c1-14(15-8-5-4-6-9-15)21-18(22)13-23-17-11-7-10-16-12-20(2,3)24-19(16)17/h4-11,14H,12-13H2,1-3H3,(H,21,22)/t14-/m1/s1. The van der Waals surface area contributed by atoms with Crippen molar-refractivity contribution in [2.75, 3.05) is 6.61 Å². The van der Waals surface area contributed by atoms with Crippen LogP contribution in [-0.2, 0) is 11.2 Å². The zero-order chi connectivity index (χ0) is 17.2. The minimum Gasteiger partial charge on any atom is -0.483 e. The van der Waals surface area contributed by atoms with Crippen LogP contribution in [0.25, 0.3) is 0 Å². The average molecular weight is 325 g/mol. The zero-order valence-corrected chi connectivity index (χ0v) is 14.3. The number of hydrogen-bond donors (Lipinski definition) is 1. The molecule has 4 heteroatoms. The number of ether oxygens (including phenoxy) is 2. The second kappa shape index (κ2) is 6.56. The van der Waals surface area contributed by atoms with Crippen molar-refractivity contribution in [2.24, 2.45) is 0 Å². The van der Waals surface area contributed by atoms with Crippen LogP contribution in [0.2, 0.25) is 0 Å². The minimum atomic E-state index is -0.230. The third kappa shape index (κ3) is 3.70. The summed E-state index contributed by atoms with van der Waals surface area (Å²) in [5.74, 6) is 1.23. The molecular weight excluding hydrogens is 302 g/mol. The molecule has 0 spiro atoms. The molecule has 0 aliphatic carbocycles. The molecule has 0 radical (unpaired) electrons. The summed E-state index contributed by atoms with van der Waals surface area (Å²) in [6.07, 6.45) is 0.844. The average Bonchev–Trinajstić information content (AvgIpc) is 2.88. The number of hydrogen-bond acceptors (Lipinski definition) is 3. The SMILES string of the molecule is C[C@@H](NC(=O)COc1cccc2c1OC(C)(C)C2)c1ccccc1. The predicted molar refractivity (Wildman–Crippen MR) is 93.3 cm³/mol. The van der Waals surface area contributed by atoms with Gasteiger partial charge in [0.25, 0.3) is 5.91 Å². The Kier molecular flexibility index (Phi) is 4.47. The molecule has 4 nitrogen and oxygen atoms in total. The fourth-order valence-electron chi connectivity index (χ4n) is 2.95. The summed E-state index contributed by atoms with van der Waals surface area (Å²) in [5.41, 5.74) is 1.96. The van der Waals surface area contributed by atoms with Crippen LogP contribution in [0, 0.1) is 0 Å². The van der Waals surface area contributed by atoms with E-state index in [4.69, 9.17) is 9.47 Å². The van der Waals surface area contributed by atoms with E-state index in [0.29, 0.717) is 5.75 Å². The van der Waals surface area contributed by atoms with Crippen molar-refractivity contribution in [2.45, 2.75) is 38.8 Å². The summed E-state index contributed by atoms with van der Waals surface area (Å²) in [4.78, 5) is 12.2. The Morgan fingerprint density at radius 2 is 1.96 bits per heavy atom. The van der Waals surface area contributed by atoms with Crippen molar-refractivity contribution in [1.29, 1.82) is 0 Å². The van der Waals surface area contributed by atoms with Crippen LogP contribution in [-0.4, -0.2) is 18.1 Å². The number of carbonyl (C=O) groups is 1. The highest BCUT2D eigenvalue weighted by molar-refractivity contribution is 5.78. The molecule has 0 saturated heterocycles. The maximum Gasteiger partial charge on any atom is 0.258 e. The third-order valence-corrected chi connectivity index (χ3v) is 4.09. The zero-order valence-electron chi connectivity index (χ0n) is 14.3. The largest absolute Gasteiger partial charge is 0.483 e. The van der Waals surface area contributed by atoms with Gasteiger partial charge in [0.15, 0.2) is 18.1 Å². The van der Waals surface area contributed by atoms with Gasteiger partial charge in [-0.1, -0.05) is 42.5 Å². The summed E-state index contributed by atoms with van der Waals surface area (Å²) in [6.45, 7) is 6.02. The molecule has 1 aliphatic rings. The summed E-state index contributed by atoms with van der Waals surface area (Å²) in [6, 6.07) is 15.6. The molecule has 0 saturated carbocycles. The minimum absolute atomic E-state index is 0.0303. The maximum atomic E-state index is 12.2. The second-order valence-corrected chi connectivity index (χ2v) is 6.77. The number of benzene rings is 2. The molecule has 1 N–H and O–H groups in total. The molecule has 126 valence electrons. The van der Waals surface area contributed by atoms with E-state index < -0.39 is 0 Å². The van der Waals surface area contributed by atoms with Gasteiger partial charge in [0.05, 0.1) is 6.04 Å². The monoisotopic (exact) mass is 325 g/mol. The number of nitrogens with one attached hydrogen (secondary N) is 1. The first-order valence-corrected chi connectivity index (χ1v) is 8.23. The Morgan fingerprint density at radius 3 is 2.71 bits per heavy atom. The van der Waals surface area contributed by atoms with Crippen molar-refractivity contribution < 1.29 is 14.3 Å². The lowest BCUT2D eigenvalue weighted by molar-refractivity contribution is -0.123. The smallest absolute Gasteiger partial charge is 0.258 e. The number of fused-ring (bicyclic) bond motifs is 1. The second-order valence-electron chi connectivity index (χ2n) is 6.77. The van der Waals surface area contributed by atoms with Crippen LogP contribution in [0.4, 0.5) is 0 Å². The third-order valence-electron chi connectivity index (χ3n) is 4.09. The number of carbonyl (C=O) groups excluding carboxylic acids is 1. The van der Waals surface area contributed by atoms with Crippen LogP contribution in [0.5, 0.6) is 11.5 Å². The molecule has 3 rings (SSSR count). The fourth-order valence-corrected chi connectivity index (χ4v) is 2.95. The van der Waals surface area contributed by atoms with Gasteiger partial charge < -0.3 is 14.8 Å². The van der Waals surface area contributed by atoms with Crippen LogP contribution in [0.1, 0.15) is 37.9 Å². The van der Waals surface area contributed by atoms with Crippen molar-refractivity contribution in [1.82, 2.24) is 5.32 Å². The molecule has 0 aromatic heterocycles. The van der Waals surface area contributed by atoms with Crippen LogP contribution >= 0.6 is 0 Å². The summed E-state index contributed by atoms with van der Waals surface area (Å²) in [7, 11) is 0. The van der Waals surface area contributed by atoms with E-state index in [0.717, 1.165) is 23.3 Å². The van der Waals surface area contributed by atoms with Crippen LogP contribution < -0.4 is 14.8 Å². The van der Waals surface area contributed by atoms with Gasteiger partial charge in [0.1, 0.15) is 5.60 Å². The molecule has 0 unspecified atom stereocenters. The molecule has 1 amide bonds. The van der Waals surface area contributed by atoms with E-state index in [1.807, 2.05) is 69.3 Å². The lowest BCUT2D eigenvalue weighted by atomic mass is 10.0. The number of rotatable bonds is 5. The molecule has 2 aromatic carbocycles. The first kappa shape index (κ1) is 16.4. The maximum absolute atomic E-state index is 12.2. The van der Waals surface area contributed by atoms with Gasteiger partial charge in [0.2, 0.25) is 0 Å². The van der Waals surface area contributed by atoms with E-state index in [1.54, 1.807) is 0 Å². The van der Waals surface area contributed by atoms with Crippen molar-refractivity contribution in [3.63, 3.8) is 0 Å². The van der Waals surface area contributed by atoms with Crippen molar-refractivity contribution in [3.8, 4) is 11.5 Å². The van der Waals surface area contributed by atoms with Crippen molar-refractivity contribution in [3.05, 3.63) is 59.7 Å². The normalized spacial score (nSPS) is 16.0. The van der Waals surface area contributed by atoms with Gasteiger partial charge in [-0.15, -0.1) is 0 Å². The summed E-state index contributed by atoms with van der Waals surface area (Å²) >= 11 is 0. The van der Waals surface area contributed by atoms with Gasteiger partial charge in [-0.05, 0) is 32.4 Å². The summed E-state index contributed by atoms with van der Waals surface area (Å²) < 4.78 is 11.7. The van der Waals surface area contributed by atoms with Crippen molar-refractivity contribution >= 4 is 5.91 Å². The van der Waals surface area contributed by atoms with Gasteiger partial charge in [-0.25, -0.2) is 0 Å². The Bertz CT molecular complexity index is 725. The highest BCUT2D eigenvalue weighted by Crippen LogP contribution is 2.41. The molecular formula is C20H23NO3. The molecule has 24 heavy (non-hydrogen) atoms. The summed E-state index contributed by atoms with van der Waals surface area (Å²) in [5, 5.41) is 2.95. The Balaban J connectivity index is 1.59. The highest BCUT2D eigenvalue weighted by atomic mass is 16.5. The first-order valence-electron chi connectivity index (χ1n) is 8.23. The number of para-hydroxylation sites is 1. The van der Waals surface area contributed by atoms with Gasteiger partial charge in [-0.2, -0.15) is 0 Å². The molecule has 2 aromatic rings. The first-order chi connectivity index (χ1) is 11.4. The van der Waals surface area contributed by atoms with Crippen LogP contribution in [0.3, 0.4) is 0 Å². The van der Waals surface area contributed by atoms with E-state index in [1.165, 1.54) is 0 Å². The topological polar surface area (TPSA) is 47.6 Å². The molecule has 0 fully saturated rings. The van der Waals surface area contributed by atoms with Gasteiger partial charge in [0, 0.05) is 12.0 Å². The molecule has 0 bridgehead atoms. The fraction of sp³-hybridized carbons (Fsp3) is 0.350. The lowest BCUT2D eigenvalue weighted by Gasteiger charge is -2.18. The molecule has 1 heterocycles. The Hall–Kier alpha value is -2.49. The Morgan fingerprint density at radius 1 is 1.21 bits per heavy atom. The molecule has 1 aliphatic heterocycles. The quantitative estimate of drug-likeness (QED) is 0.913. The van der Waals surface area contributed by atoms with E-state index in [-0.39, 0.29) is 24.2 Å². The number of amides is 1. The predicted octanol–water partition coefficient (Wildman–Crippen LogP) is 3.66. The van der Waals surface area contributed by atoms with E-state index in [9.17, 15) is 4.79 Å². The lowest BCUT2D eigenvalue weighted by Crippen LogP contribution is -2.31. The van der Waals surface area contributed by atoms with Crippen LogP contribution in [0.15, 0.2) is 48.5 Å².